The Kier molecular flexibility index (Phi) is 23.8. The molecule has 17 heteroatoms. The second-order valence-electron chi connectivity index (χ2n) is 11.5. The Labute approximate surface area is 339 Å². The molecule has 4 aromatic rings. The molecule has 9 nitrogen and oxygen atoms in total. The molecule has 0 fully saturated rings. The van der Waals surface area contributed by atoms with Gasteiger partial charge in [-0.3, -0.25) is 10.2 Å². The second-order valence-corrected chi connectivity index (χ2v) is 11.5. The largest absolute Gasteiger partial charge is 0.486 e. The first-order valence-corrected chi connectivity index (χ1v) is 16.4. The fourth-order valence-electron chi connectivity index (χ4n) is 4.54. The summed E-state index contributed by atoms with van der Waals surface area (Å²) in [6.45, 7) is 1.27. The fraction of sp³-hybridized carbons (Fsp3) is 0.316. The highest BCUT2D eigenvalue weighted by molar-refractivity contribution is 5.85. The molecule has 0 amide bonds. The number of likely N-dealkylation sites (N-methyl/N-ethyl adjacent to an activating group) is 1. The Morgan fingerprint density at radius 2 is 1.04 bits per heavy atom. The number of alkyl halides is 6. The molecule has 0 spiro atoms. The van der Waals surface area contributed by atoms with E-state index in [-0.39, 0.29) is 60.2 Å². The maximum Gasteiger partial charge on any atom is 0.416 e. The van der Waals surface area contributed by atoms with Crippen molar-refractivity contribution in [1.82, 2.24) is 15.5 Å². The van der Waals surface area contributed by atoms with Crippen molar-refractivity contribution < 1.29 is 45.7 Å². The van der Waals surface area contributed by atoms with E-state index in [9.17, 15) is 31.1 Å². The summed E-state index contributed by atoms with van der Waals surface area (Å²) in [4.78, 5) is 11.0. The van der Waals surface area contributed by atoms with Crippen molar-refractivity contribution >= 4 is 47.4 Å². The molecule has 0 aliphatic carbocycles. The van der Waals surface area contributed by atoms with Gasteiger partial charge >= 0.3 is 41.4 Å². The van der Waals surface area contributed by atoms with Crippen LogP contribution in [0.1, 0.15) is 47.3 Å². The average Bonchev–Trinajstić information content (AvgIpc) is 3.12. The van der Waals surface area contributed by atoms with Crippen LogP contribution in [0.4, 0.5) is 26.3 Å². The number of carbonyl (C=O) groups is 1. The van der Waals surface area contributed by atoms with E-state index in [4.69, 9.17) is 25.7 Å². The predicted octanol–water partition coefficient (Wildman–Crippen LogP) is 7.27. The summed E-state index contributed by atoms with van der Waals surface area (Å²) in [6, 6.07) is 28.9. The van der Waals surface area contributed by atoms with E-state index < -0.39 is 29.4 Å². The smallest absolute Gasteiger partial charge is 0.416 e. The lowest BCUT2D eigenvalue weighted by Crippen LogP contribution is -2.36. The summed E-state index contributed by atoms with van der Waals surface area (Å²) >= 11 is 0. The second kappa shape index (κ2) is 25.8. The third kappa shape index (κ3) is 19.8. The number of hydrogen-bond donors (Lipinski definition) is 5. The number of nitrogens with zero attached hydrogens (tertiary/aromatic N) is 1. The lowest BCUT2D eigenvalue weighted by Gasteiger charge is -2.20. The number of ether oxygens (including phenoxy) is 2. The van der Waals surface area contributed by atoms with Gasteiger partial charge in [-0.05, 0) is 86.8 Å². The van der Waals surface area contributed by atoms with Crippen LogP contribution in [0.15, 0.2) is 109 Å². The van der Waals surface area contributed by atoms with Gasteiger partial charge in [-0.2, -0.15) is 26.3 Å². The molecule has 2 unspecified atom stereocenters. The molecule has 4 aromatic carbocycles. The highest BCUT2D eigenvalue weighted by atomic mass is 35.5. The van der Waals surface area contributed by atoms with E-state index >= 15 is 0 Å². The Balaban J connectivity index is 0.000000847. The van der Waals surface area contributed by atoms with Crippen LogP contribution in [0.25, 0.3) is 0 Å². The number of nitrogens with two attached hydrogens (primary N) is 1. The van der Waals surface area contributed by atoms with Crippen LogP contribution < -0.4 is 25.8 Å². The number of carboxylic acids is 1. The maximum atomic E-state index is 12.6. The Morgan fingerprint density at radius 3 is 1.27 bits per heavy atom. The zero-order chi connectivity index (χ0) is 39.4. The zero-order valence-corrected chi connectivity index (χ0v) is 30.8. The van der Waals surface area contributed by atoms with Gasteiger partial charge in [0.2, 0.25) is 0 Å². The third-order valence-electron chi connectivity index (χ3n) is 7.36. The first-order valence-electron chi connectivity index (χ1n) is 16.4. The molecule has 0 bridgehead atoms. The summed E-state index contributed by atoms with van der Waals surface area (Å²) in [5.74, 6) is -0.374. The van der Waals surface area contributed by atoms with Crippen LogP contribution in [-0.2, 0) is 17.1 Å². The van der Waals surface area contributed by atoms with E-state index in [1.165, 1.54) is 31.3 Å². The molecule has 0 aliphatic heterocycles. The van der Waals surface area contributed by atoms with Crippen LogP contribution in [-0.4, -0.2) is 85.8 Å². The molecule has 2 atom stereocenters. The number of carboxylic acid groups (broad SMARTS) is 1. The SMILES string of the molecule is CN(CC(=O)O)C(=N)N.CNCCC(Oc1ccc(C(F)(F)F)cc1)c1ccccc1.CNCCC(Oc1ccc(C(F)(F)F)cc1)c1ccccc1.Cl.[MgH2]. The van der Waals surface area contributed by atoms with E-state index in [0.29, 0.717) is 11.5 Å². The van der Waals surface area contributed by atoms with Gasteiger partial charge in [0, 0.05) is 19.9 Å². The maximum absolute atomic E-state index is 12.6. The van der Waals surface area contributed by atoms with Gasteiger partial charge in [-0.15, -0.1) is 12.4 Å². The molecule has 0 radical (unpaired) electrons. The molecule has 0 aromatic heterocycles. The molecule has 0 heterocycles. The molecule has 300 valence electrons. The van der Waals surface area contributed by atoms with Crippen molar-refractivity contribution in [2.45, 2.75) is 37.4 Å². The van der Waals surface area contributed by atoms with Crippen molar-refractivity contribution in [3.05, 3.63) is 131 Å². The lowest BCUT2D eigenvalue weighted by atomic mass is 10.1. The molecule has 0 saturated heterocycles. The number of nitrogens with one attached hydrogen (secondary N) is 3. The Morgan fingerprint density at radius 1 is 0.709 bits per heavy atom. The highest BCUT2D eigenvalue weighted by Crippen LogP contribution is 2.33. The van der Waals surface area contributed by atoms with Gasteiger partial charge in [-0.1, -0.05) is 60.7 Å². The van der Waals surface area contributed by atoms with Crippen molar-refractivity contribution in [2.75, 3.05) is 40.8 Å². The molecule has 55 heavy (non-hydrogen) atoms. The molecule has 0 aliphatic rings. The standard InChI is InChI=1S/2C17H18F3NO.C4H9N3O2.ClH.Mg.2H/c2*1-21-12-11-16(13-5-3-2-4-6-13)22-15-9-7-14(8-10-15)17(18,19)20;1-7(4(5)6)2-3(8)9;;;;/h2*2-10,16,21H,11-12H2,1H3;2H2,1H3,(H3,5,6)(H,8,9);1H;;;. The van der Waals surface area contributed by atoms with Crippen LogP contribution in [0.2, 0.25) is 0 Å². The molecular formula is C38H48ClF6MgN5O4. The van der Waals surface area contributed by atoms with Crippen molar-refractivity contribution in [2.24, 2.45) is 5.73 Å². The minimum atomic E-state index is -4.33. The lowest BCUT2D eigenvalue weighted by molar-refractivity contribution is -0.138. The van der Waals surface area contributed by atoms with Crippen LogP contribution >= 0.6 is 12.4 Å². The molecule has 0 saturated carbocycles. The van der Waals surface area contributed by atoms with Crippen molar-refractivity contribution in [3.63, 3.8) is 0 Å². The predicted molar refractivity (Wildman–Crippen MR) is 208 cm³/mol. The van der Waals surface area contributed by atoms with Gasteiger partial charge < -0.3 is 35.8 Å². The average molecular weight is 813 g/mol. The van der Waals surface area contributed by atoms with E-state index in [2.05, 4.69) is 10.6 Å². The minimum absolute atomic E-state index is 0. The van der Waals surface area contributed by atoms with Gasteiger partial charge in [0.1, 0.15) is 30.3 Å². The number of benzene rings is 4. The number of rotatable bonds is 14. The van der Waals surface area contributed by atoms with E-state index in [1.807, 2.05) is 74.8 Å². The minimum Gasteiger partial charge on any atom is -0.486 e. The topological polar surface area (TPSA) is 133 Å². The number of guanidine groups is 1. The fourth-order valence-corrected chi connectivity index (χ4v) is 4.54. The summed E-state index contributed by atoms with van der Waals surface area (Å²) in [7, 11) is 5.14. The highest BCUT2D eigenvalue weighted by Gasteiger charge is 2.31. The van der Waals surface area contributed by atoms with E-state index in [0.717, 1.165) is 66.2 Å². The Bertz CT molecular complexity index is 1530. The summed E-state index contributed by atoms with van der Waals surface area (Å²) in [5.41, 5.74) is 5.58. The van der Waals surface area contributed by atoms with Gasteiger partial charge in [0.05, 0.1) is 11.1 Å². The zero-order valence-electron chi connectivity index (χ0n) is 30.0. The summed E-state index contributed by atoms with van der Waals surface area (Å²) in [6.07, 6.45) is -7.62. The Hall–Kier alpha value is -4.22. The number of halogens is 7. The monoisotopic (exact) mass is 811 g/mol. The molecule has 6 N–H and O–H groups in total. The third-order valence-corrected chi connectivity index (χ3v) is 7.36. The first-order chi connectivity index (χ1) is 25.0. The normalized spacial score (nSPS) is 11.7. The van der Waals surface area contributed by atoms with Crippen molar-refractivity contribution in [1.29, 1.82) is 5.41 Å². The number of aliphatic carboxylic acids is 1. The summed E-state index contributed by atoms with van der Waals surface area (Å²) in [5, 5.41) is 21.0. The van der Waals surface area contributed by atoms with Crippen LogP contribution in [0.5, 0.6) is 11.5 Å². The molecule has 4 rings (SSSR count). The van der Waals surface area contributed by atoms with Gasteiger partial charge in [-0.25, -0.2) is 0 Å². The first kappa shape index (κ1) is 50.8. The van der Waals surface area contributed by atoms with Gasteiger partial charge in [0.15, 0.2) is 5.96 Å². The van der Waals surface area contributed by atoms with Crippen LogP contribution in [0.3, 0.4) is 0 Å². The summed E-state index contributed by atoms with van der Waals surface area (Å²) < 4.78 is 87.1. The van der Waals surface area contributed by atoms with Crippen molar-refractivity contribution in [3.8, 4) is 11.5 Å². The van der Waals surface area contributed by atoms with Gasteiger partial charge in [0.25, 0.3) is 0 Å². The molecular weight excluding hydrogens is 764 g/mol. The quantitative estimate of drug-likeness (QED) is 0.0389. The van der Waals surface area contributed by atoms with Crippen LogP contribution in [0, 0.1) is 5.41 Å². The number of hydrogen-bond acceptors (Lipinski definition) is 6. The van der Waals surface area contributed by atoms with E-state index in [1.54, 1.807) is 0 Å².